The number of hydrogen-bond acceptors (Lipinski definition) is 8. The molecule has 1 rings (SSSR count). The number of nitrogens with one attached hydrogen (secondary N) is 1. The minimum absolute atomic E-state index is 0.0588. The molecule has 9 heteroatoms. The number of anilines is 3. The van der Waals surface area contributed by atoms with Gasteiger partial charge in [-0.25, -0.2) is 9.59 Å². The van der Waals surface area contributed by atoms with Gasteiger partial charge in [0.15, 0.2) is 0 Å². The Balaban J connectivity index is 3.11. The lowest BCUT2D eigenvalue weighted by Gasteiger charge is -2.27. The average molecular weight is 391 g/mol. The number of methoxy groups -OCH3 is 1. The summed E-state index contributed by atoms with van der Waals surface area (Å²) in [5.41, 5.74) is 7.26. The highest BCUT2D eigenvalue weighted by atomic mass is 16.5. The Morgan fingerprint density at radius 1 is 1.11 bits per heavy atom. The predicted molar refractivity (Wildman–Crippen MR) is 106 cm³/mol. The molecule has 152 valence electrons. The Labute approximate surface area is 163 Å². The molecule has 1 aromatic carbocycles. The predicted octanol–water partition coefficient (Wildman–Crippen LogP) is 1.50. The molecular formula is C19H25N3O6. The van der Waals surface area contributed by atoms with Crippen molar-refractivity contribution in [3.63, 3.8) is 0 Å². The van der Waals surface area contributed by atoms with Gasteiger partial charge < -0.3 is 30.2 Å². The van der Waals surface area contributed by atoms with Crippen LogP contribution in [-0.2, 0) is 23.9 Å². The maximum atomic E-state index is 11.4. The second kappa shape index (κ2) is 11.3. The van der Waals surface area contributed by atoms with Crippen molar-refractivity contribution in [3.05, 3.63) is 37.4 Å². The Morgan fingerprint density at radius 3 is 2.07 bits per heavy atom. The maximum Gasteiger partial charge on any atom is 0.330 e. The number of nitrogen functional groups attached to an aromatic ring is 1. The molecule has 0 saturated heterocycles. The molecule has 0 aromatic heterocycles. The number of nitrogens with two attached hydrogens (primary N) is 1. The number of carbonyl (C=O) groups is 3. The summed E-state index contributed by atoms with van der Waals surface area (Å²) in [5.74, 6) is -0.951. The third kappa shape index (κ3) is 7.02. The molecule has 0 aliphatic carbocycles. The van der Waals surface area contributed by atoms with Crippen molar-refractivity contribution in [2.45, 2.75) is 6.92 Å². The van der Waals surface area contributed by atoms with Crippen LogP contribution in [0.15, 0.2) is 37.4 Å². The van der Waals surface area contributed by atoms with Crippen molar-refractivity contribution in [3.8, 4) is 5.75 Å². The summed E-state index contributed by atoms with van der Waals surface area (Å²) in [4.78, 5) is 35.8. The van der Waals surface area contributed by atoms with Gasteiger partial charge in [0.2, 0.25) is 5.91 Å². The van der Waals surface area contributed by atoms with Crippen LogP contribution in [0.3, 0.4) is 0 Å². The van der Waals surface area contributed by atoms with Crippen LogP contribution in [0.2, 0.25) is 0 Å². The summed E-state index contributed by atoms with van der Waals surface area (Å²) in [6.45, 7) is 8.71. The second-order valence-corrected chi connectivity index (χ2v) is 5.52. The van der Waals surface area contributed by atoms with E-state index in [2.05, 4.69) is 18.5 Å². The fourth-order valence-electron chi connectivity index (χ4n) is 2.28. The number of esters is 2. The third-order valence-corrected chi connectivity index (χ3v) is 3.55. The fraction of sp³-hybridized carbons (Fsp3) is 0.316. The zero-order valence-corrected chi connectivity index (χ0v) is 16.0. The van der Waals surface area contributed by atoms with Gasteiger partial charge in [0.1, 0.15) is 19.0 Å². The van der Waals surface area contributed by atoms with E-state index in [9.17, 15) is 14.4 Å². The lowest BCUT2D eigenvalue weighted by atomic mass is 10.2. The van der Waals surface area contributed by atoms with Crippen LogP contribution in [-0.4, -0.2) is 51.3 Å². The first-order valence-corrected chi connectivity index (χ1v) is 8.40. The molecule has 0 saturated carbocycles. The lowest BCUT2D eigenvalue weighted by molar-refractivity contribution is -0.137. The van der Waals surface area contributed by atoms with Crippen molar-refractivity contribution in [1.29, 1.82) is 0 Å². The van der Waals surface area contributed by atoms with Crippen molar-refractivity contribution in [2.24, 2.45) is 0 Å². The van der Waals surface area contributed by atoms with E-state index in [4.69, 9.17) is 19.9 Å². The summed E-state index contributed by atoms with van der Waals surface area (Å²) in [7, 11) is 1.48. The summed E-state index contributed by atoms with van der Waals surface area (Å²) in [6.07, 6.45) is 2.13. The van der Waals surface area contributed by atoms with Gasteiger partial charge in [0, 0.05) is 25.1 Å². The topological polar surface area (TPSA) is 120 Å². The van der Waals surface area contributed by atoms with E-state index in [0.29, 0.717) is 22.8 Å². The van der Waals surface area contributed by atoms with E-state index >= 15 is 0 Å². The standard InChI is InChI=1S/C19H25N3O6/c1-5-18(24)27-9-7-22(8-10-28-19(25)6-2)16-12-15(21-13(3)23)14(20)11-17(16)26-4/h5-6,11-12H,1-2,7-10,20H2,3-4H3,(H,21,23). The molecule has 1 amide bonds. The van der Waals surface area contributed by atoms with E-state index in [-0.39, 0.29) is 32.2 Å². The molecule has 9 nitrogen and oxygen atoms in total. The Morgan fingerprint density at radius 2 is 1.64 bits per heavy atom. The lowest BCUT2D eigenvalue weighted by Crippen LogP contribution is -2.32. The van der Waals surface area contributed by atoms with Crippen molar-refractivity contribution in [1.82, 2.24) is 0 Å². The van der Waals surface area contributed by atoms with Gasteiger partial charge in [0.05, 0.1) is 37.3 Å². The van der Waals surface area contributed by atoms with Crippen LogP contribution in [0.1, 0.15) is 6.92 Å². The summed E-state index contributed by atoms with van der Waals surface area (Å²) < 4.78 is 15.4. The summed E-state index contributed by atoms with van der Waals surface area (Å²) in [5, 5.41) is 2.64. The maximum absolute atomic E-state index is 11.4. The molecular weight excluding hydrogens is 366 g/mol. The molecule has 0 fully saturated rings. The zero-order chi connectivity index (χ0) is 21.1. The smallest absolute Gasteiger partial charge is 0.330 e. The van der Waals surface area contributed by atoms with Gasteiger partial charge >= 0.3 is 11.9 Å². The van der Waals surface area contributed by atoms with E-state index in [1.165, 1.54) is 14.0 Å². The number of ether oxygens (including phenoxy) is 3. The molecule has 0 radical (unpaired) electrons. The van der Waals surface area contributed by atoms with Gasteiger partial charge in [-0.2, -0.15) is 0 Å². The Bertz CT molecular complexity index is 721. The molecule has 0 unspecified atom stereocenters. The number of carbonyl (C=O) groups excluding carboxylic acids is 3. The molecule has 0 heterocycles. The van der Waals surface area contributed by atoms with Crippen LogP contribution in [0.5, 0.6) is 5.75 Å². The molecule has 0 aliphatic heterocycles. The highest BCUT2D eigenvalue weighted by Gasteiger charge is 2.17. The van der Waals surface area contributed by atoms with Gasteiger partial charge in [0.25, 0.3) is 0 Å². The van der Waals surface area contributed by atoms with Crippen LogP contribution in [0, 0.1) is 0 Å². The molecule has 0 atom stereocenters. The van der Waals surface area contributed by atoms with Crippen molar-refractivity contribution in [2.75, 3.05) is 49.4 Å². The third-order valence-electron chi connectivity index (χ3n) is 3.55. The number of rotatable bonds is 11. The van der Waals surface area contributed by atoms with E-state index < -0.39 is 11.9 Å². The molecule has 28 heavy (non-hydrogen) atoms. The molecule has 0 spiro atoms. The first-order valence-electron chi connectivity index (χ1n) is 8.40. The van der Waals surface area contributed by atoms with Crippen LogP contribution >= 0.6 is 0 Å². The Kier molecular flexibility index (Phi) is 9.08. The molecule has 3 N–H and O–H groups in total. The van der Waals surface area contributed by atoms with Crippen molar-refractivity contribution >= 4 is 34.9 Å². The number of benzene rings is 1. The quantitative estimate of drug-likeness (QED) is 0.331. The zero-order valence-electron chi connectivity index (χ0n) is 16.0. The summed E-state index contributed by atoms with van der Waals surface area (Å²) >= 11 is 0. The Hall–Kier alpha value is -3.49. The first kappa shape index (κ1) is 22.6. The second-order valence-electron chi connectivity index (χ2n) is 5.52. The fourth-order valence-corrected chi connectivity index (χ4v) is 2.28. The minimum Gasteiger partial charge on any atom is -0.495 e. The van der Waals surface area contributed by atoms with Crippen LogP contribution in [0.4, 0.5) is 17.1 Å². The van der Waals surface area contributed by atoms with Gasteiger partial charge in [-0.05, 0) is 6.07 Å². The van der Waals surface area contributed by atoms with Crippen molar-refractivity contribution < 1.29 is 28.6 Å². The minimum atomic E-state index is -0.554. The van der Waals surface area contributed by atoms with E-state index in [1.807, 2.05) is 0 Å². The monoisotopic (exact) mass is 391 g/mol. The highest BCUT2D eigenvalue weighted by Crippen LogP contribution is 2.35. The van der Waals surface area contributed by atoms with Crippen LogP contribution < -0.4 is 20.7 Å². The molecule has 0 aliphatic rings. The SMILES string of the molecule is C=CC(=O)OCCN(CCOC(=O)C=C)c1cc(NC(C)=O)c(N)cc1OC. The van der Waals surface area contributed by atoms with Gasteiger partial charge in [-0.15, -0.1) is 0 Å². The number of hydrogen-bond donors (Lipinski definition) is 2. The van der Waals surface area contributed by atoms with E-state index in [1.54, 1.807) is 17.0 Å². The van der Waals surface area contributed by atoms with Gasteiger partial charge in [-0.3, -0.25) is 4.79 Å². The molecule has 0 bridgehead atoms. The summed E-state index contributed by atoms with van der Waals surface area (Å²) in [6, 6.07) is 3.21. The molecule has 1 aromatic rings. The van der Waals surface area contributed by atoms with E-state index in [0.717, 1.165) is 12.2 Å². The number of nitrogens with zero attached hydrogens (tertiary/aromatic N) is 1. The van der Waals surface area contributed by atoms with Crippen LogP contribution in [0.25, 0.3) is 0 Å². The first-order chi connectivity index (χ1) is 13.3. The van der Waals surface area contributed by atoms with Gasteiger partial charge in [-0.1, -0.05) is 13.2 Å². The highest BCUT2D eigenvalue weighted by molar-refractivity contribution is 5.94. The average Bonchev–Trinajstić information content (AvgIpc) is 2.67. The normalized spacial score (nSPS) is 9.79. The largest absolute Gasteiger partial charge is 0.495 e. The number of amides is 1.